The van der Waals surface area contributed by atoms with Gasteiger partial charge in [-0.3, -0.25) is 0 Å². The summed E-state index contributed by atoms with van der Waals surface area (Å²) in [7, 11) is 0. The lowest BCUT2D eigenvalue weighted by Gasteiger charge is -2.22. The number of hydrogen-bond acceptors (Lipinski definition) is 2. The molecule has 4 heteroatoms. The topological polar surface area (TPSA) is 29.9 Å². The van der Waals surface area contributed by atoms with E-state index in [1.165, 1.54) is 32.4 Å². The number of halogens is 1. The molecule has 0 amide bonds. The van der Waals surface area contributed by atoms with Gasteiger partial charge in [-0.2, -0.15) is 0 Å². The minimum absolute atomic E-state index is 0.610. The minimum Gasteiger partial charge on any atom is -0.322 e. The highest BCUT2D eigenvalue weighted by molar-refractivity contribution is 6.28. The Morgan fingerprint density at radius 2 is 2.29 bits per heavy atom. The third kappa shape index (κ3) is 2.49. The van der Waals surface area contributed by atoms with Gasteiger partial charge in [-0.1, -0.05) is 0 Å². The van der Waals surface area contributed by atoms with Gasteiger partial charge in [0, 0.05) is 18.9 Å². The van der Waals surface area contributed by atoms with Gasteiger partial charge in [0.1, 0.15) is 0 Å². The molecule has 2 heterocycles. The molecule has 1 N–H and O–H groups in total. The summed E-state index contributed by atoms with van der Waals surface area (Å²) in [5, 5.41) is 3.98. The molecule has 0 radical (unpaired) electrons. The van der Waals surface area contributed by atoms with E-state index >= 15 is 0 Å². The van der Waals surface area contributed by atoms with Crippen molar-refractivity contribution in [2.24, 2.45) is 5.92 Å². The number of piperidine rings is 1. The molecular formula is C10H16ClN3. The monoisotopic (exact) mass is 213 g/mol. The summed E-state index contributed by atoms with van der Waals surface area (Å²) in [5.41, 5.74) is 0. The lowest BCUT2D eigenvalue weighted by molar-refractivity contribution is 0.338. The van der Waals surface area contributed by atoms with E-state index in [-0.39, 0.29) is 0 Å². The van der Waals surface area contributed by atoms with Gasteiger partial charge >= 0.3 is 0 Å². The molecular weight excluding hydrogens is 198 g/mol. The number of hydrogen-bond donors (Lipinski definition) is 1. The van der Waals surface area contributed by atoms with Gasteiger partial charge in [-0.05, 0) is 49.9 Å². The first-order chi connectivity index (χ1) is 6.86. The Hall–Kier alpha value is -0.540. The molecule has 1 aromatic heterocycles. The van der Waals surface area contributed by atoms with Gasteiger partial charge < -0.3 is 9.88 Å². The molecule has 14 heavy (non-hydrogen) atoms. The molecule has 1 aliphatic rings. The summed E-state index contributed by atoms with van der Waals surface area (Å²) >= 11 is 5.90. The smallest absolute Gasteiger partial charge is 0.202 e. The van der Waals surface area contributed by atoms with E-state index in [4.69, 9.17) is 11.6 Å². The molecule has 1 aromatic rings. The van der Waals surface area contributed by atoms with Crippen LogP contribution in [0.3, 0.4) is 0 Å². The van der Waals surface area contributed by atoms with Crippen LogP contribution in [0.15, 0.2) is 12.4 Å². The molecule has 0 atom stereocenters. The van der Waals surface area contributed by atoms with E-state index in [2.05, 4.69) is 10.3 Å². The Kier molecular flexibility index (Phi) is 3.43. The summed E-state index contributed by atoms with van der Waals surface area (Å²) < 4.78 is 2.02. The number of nitrogens with one attached hydrogen (secondary N) is 1. The molecule has 0 aliphatic carbocycles. The van der Waals surface area contributed by atoms with Crippen LogP contribution in [0.5, 0.6) is 0 Å². The maximum absolute atomic E-state index is 5.90. The summed E-state index contributed by atoms with van der Waals surface area (Å²) in [6, 6.07) is 0. The highest BCUT2D eigenvalue weighted by Crippen LogP contribution is 2.17. The second-order valence-corrected chi connectivity index (χ2v) is 4.21. The summed E-state index contributed by atoms with van der Waals surface area (Å²) in [4.78, 5) is 4.00. The zero-order valence-electron chi connectivity index (χ0n) is 8.25. The van der Waals surface area contributed by atoms with Crippen molar-refractivity contribution in [1.29, 1.82) is 0 Å². The molecule has 0 unspecified atom stereocenters. The van der Waals surface area contributed by atoms with E-state index < -0.39 is 0 Å². The van der Waals surface area contributed by atoms with Crippen LogP contribution in [0.4, 0.5) is 0 Å². The standard InChI is InChI=1S/C10H16ClN3/c11-10-13-6-8-14(10)7-3-9-1-4-12-5-2-9/h6,8-9,12H,1-5,7H2. The number of aryl methyl sites for hydroxylation is 1. The fourth-order valence-electron chi connectivity index (χ4n) is 1.97. The van der Waals surface area contributed by atoms with Crippen LogP contribution in [0.2, 0.25) is 5.28 Å². The van der Waals surface area contributed by atoms with Crippen LogP contribution in [-0.2, 0) is 6.54 Å². The van der Waals surface area contributed by atoms with Crippen LogP contribution in [0.25, 0.3) is 0 Å². The summed E-state index contributed by atoms with van der Waals surface area (Å²) in [6.45, 7) is 3.34. The third-order valence-corrected chi connectivity index (χ3v) is 3.22. The Morgan fingerprint density at radius 3 is 2.93 bits per heavy atom. The van der Waals surface area contributed by atoms with Gasteiger partial charge in [0.05, 0.1) is 0 Å². The first-order valence-electron chi connectivity index (χ1n) is 5.23. The first-order valence-corrected chi connectivity index (χ1v) is 5.61. The Labute approximate surface area is 89.5 Å². The van der Waals surface area contributed by atoms with Crippen LogP contribution >= 0.6 is 11.6 Å². The maximum atomic E-state index is 5.90. The fraction of sp³-hybridized carbons (Fsp3) is 0.700. The Morgan fingerprint density at radius 1 is 1.50 bits per heavy atom. The Bertz CT molecular complexity index is 279. The van der Waals surface area contributed by atoms with Gasteiger partial charge in [-0.15, -0.1) is 0 Å². The average Bonchev–Trinajstić information content (AvgIpc) is 2.63. The maximum Gasteiger partial charge on any atom is 0.202 e. The van der Waals surface area contributed by atoms with Crippen molar-refractivity contribution in [2.75, 3.05) is 13.1 Å². The molecule has 2 rings (SSSR count). The van der Waals surface area contributed by atoms with Gasteiger partial charge in [0.15, 0.2) is 0 Å². The minimum atomic E-state index is 0.610. The fourth-order valence-corrected chi connectivity index (χ4v) is 2.17. The van der Waals surface area contributed by atoms with E-state index in [1.807, 2.05) is 10.8 Å². The van der Waals surface area contributed by atoms with Crippen molar-refractivity contribution in [3.05, 3.63) is 17.7 Å². The predicted octanol–water partition coefficient (Wildman–Crippen LogP) is 1.93. The molecule has 0 saturated carbocycles. The van der Waals surface area contributed by atoms with Crippen LogP contribution in [-0.4, -0.2) is 22.6 Å². The lowest BCUT2D eigenvalue weighted by Crippen LogP contribution is -2.28. The SMILES string of the molecule is Clc1nccn1CCC1CCNCC1. The van der Waals surface area contributed by atoms with Crippen molar-refractivity contribution in [3.63, 3.8) is 0 Å². The zero-order chi connectivity index (χ0) is 9.80. The molecule has 1 aliphatic heterocycles. The Balaban J connectivity index is 1.79. The molecule has 1 fully saturated rings. The molecule has 0 bridgehead atoms. The predicted molar refractivity (Wildman–Crippen MR) is 57.4 cm³/mol. The highest BCUT2D eigenvalue weighted by Gasteiger charge is 2.12. The van der Waals surface area contributed by atoms with E-state index in [0.717, 1.165) is 12.5 Å². The number of rotatable bonds is 3. The molecule has 3 nitrogen and oxygen atoms in total. The number of imidazole rings is 1. The normalized spacial score (nSPS) is 18.6. The van der Waals surface area contributed by atoms with Crippen molar-refractivity contribution >= 4 is 11.6 Å². The van der Waals surface area contributed by atoms with Crippen LogP contribution < -0.4 is 5.32 Å². The molecule has 78 valence electrons. The molecule has 1 saturated heterocycles. The summed E-state index contributed by atoms with van der Waals surface area (Å²) in [5.74, 6) is 0.856. The highest BCUT2D eigenvalue weighted by atomic mass is 35.5. The van der Waals surface area contributed by atoms with Crippen LogP contribution in [0, 0.1) is 5.92 Å². The largest absolute Gasteiger partial charge is 0.322 e. The van der Waals surface area contributed by atoms with Crippen molar-refractivity contribution < 1.29 is 0 Å². The van der Waals surface area contributed by atoms with Gasteiger partial charge in [0.25, 0.3) is 0 Å². The second-order valence-electron chi connectivity index (χ2n) is 3.87. The van der Waals surface area contributed by atoms with Gasteiger partial charge in [-0.25, -0.2) is 4.98 Å². The quantitative estimate of drug-likeness (QED) is 0.832. The zero-order valence-corrected chi connectivity index (χ0v) is 9.00. The van der Waals surface area contributed by atoms with Crippen LogP contribution in [0.1, 0.15) is 19.3 Å². The van der Waals surface area contributed by atoms with E-state index in [9.17, 15) is 0 Å². The van der Waals surface area contributed by atoms with Crippen molar-refractivity contribution in [2.45, 2.75) is 25.8 Å². The lowest BCUT2D eigenvalue weighted by atomic mass is 9.95. The molecule has 0 spiro atoms. The van der Waals surface area contributed by atoms with Gasteiger partial charge in [0.2, 0.25) is 5.28 Å². The second kappa shape index (κ2) is 4.80. The number of nitrogens with zero attached hydrogens (tertiary/aromatic N) is 2. The average molecular weight is 214 g/mol. The third-order valence-electron chi connectivity index (χ3n) is 2.90. The van der Waals surface area contributed by atoms with Crippen molar-refractivity contribution in [1.82, 2.24) is 14.9 Å². The molecule has 0 aromatic carbocycles. The van der Waals surface area contributed by atoms with E-state index in [0.29, 0.717) is 5.28 Å². The van der Waals surface area contributed by atoms with Crippen molar-refractivity contribution in [3.8, 4) is 0 Å². The number of aromatic nitrogens is 2. The first kappa shape index (κ1) is 9.99. The summed E-state index contributed by atoms with van der Waals surface area (Å²) in [6.07, 6.45) is 7.52. The van der Waals surface area contributed by atoms with E-state index in [1.54, 1.807) is 6.20 Å².